The molecule has 0 aliphatic rings. The van der Waals surface area contributed by atoms with Crippen molar-refractivity contribution in [2.24, 2.45) is 0 Å². The van der Waals surface area contributed by atoms with E-state index in [9.17, 15) is 4.79 Å². The molecule has 0 aromatic carbocycles. The standard InChI is InChI=1S/C14H28O3/c1-2-3-4-5-6-7-8-9-11-16-12-10-13-17-14-15/h14H,2-13H2,1H3. The van der Waals surface area contributed by atoms with E-state index in [2.05, 4.69) is 11.7 Å². The fourth-order valence-corrected chi connectivity index (χ4v) is 1.73. The van der Waals surface area contributed by atoms with Crippen molar-refractivity contribution in [1.82, 2.24) is 0 Å². The molecule has 0 heterocycles. The molecule has 0 saturated carbocycles. The first kappa shape index (κ1) is 16.4. The molecule has 0 radical (unpaired) electrons. The van der Waals surface area contributed by atoms with Crippen molar-refractivity contribution in [2.45, 2.75) is 64.7 Å². The number of carbonyl (C=O) groups is 1. The van der Waals surface area contributed by atoms with Crippen LogP contribution in [-0.4, -0.2) is 26.3 Å². The van der Waals surface area contributed by atoms with Gasteiger partial charge in [-0.05, 0) is 6.42 Å². The van der Waals surface area contributed by atoms with Crippen LogP contribution in [0.2, 0.25) is 0 Å². The van der Waals surface area contributed by atoms with Crippen molar-refractivity contribution in [3.8, 4) is 0 Å². The van der Waals surface area contributed by atoms with Gasteiger partial charge in [-0.1, -0.05) is 51.9 Å². The van der Waals surface area contributed by atoms with Gasteiger partial charge in [0.15, 0.2) is 0 Å². The van der Waals surface area contributed by atoms with E-state index < -0.39 is 0 Å². The minimum absolute atomic E-state index is 0.473. The zero-order valence-electron chi connectivity index (χ0n) is 11.3. The monoisotopic (exact) mass is 244 g/mol. The van der Waals surface area contributed by atoms with Gasteiger partial charge in [0.2, 0.25) is 0 Å². The van der Waals surface area contributed by atoms with Gasteiger partial charge in [0, 0.05) is 19.6 Å². The SMILES string of the molecule is CCCCCCCCCCOCCCOC=O. The maximum absolute atomic E-state index is 9.84. The zero-order chi connectivity index (χ0) is 12.6. The highest BCUT2D eigenvalue weighted by Gasteiger charge is 1.92. The Bertz CT molecular complexity index is 148. The number of hydrogen-bond acceptors (Lipinski definition) is 3. The number of carbonyl (C=O) groups excluding carboxylic acids is 1. The highest BCUT2D eigenvalue weighted by molar-refractivity contribution is 5.36. The van der Waals surface area contributed by atoms with Gasteiger partial charge >= 0.3 is 0 Å². The molecular weight excluding hydrogens is 216 g/mol. The summed E-state index contributed by atoms with van der Waals surface area (Å²) >= 11 is 0. The third-order valence-electron chi connectivity index (χ3n) is 2.76. The quantitative estimate of drug-likeness (QED) is 0.345. The fourth-order valence-electron chi connectivity index (χ4n) is 1.73. The molecule has 0 spiro atoms. The average molecular weight is 244 g/mol. The Morgan fingerprint density at radius 3 is 2.00 bits per heavy atom. The smallest absolute Gasteiger partial charge is 0.293 e. The van der Waals surface area contributed by atoms with E-state index in [4.69, 9.17) is 4.74 Å². The number of hydrogen-bond donors (Lipinski definition) is 0. The molecule has 0 aromatic heterocycles. The number of ether oxygens (including phenoxy) is 2. The Morgan fingerprint density at radius 1 is 0.765 bits per heavy atom. The molecule has 102 valence electrons. The Labute approximate surface area is 106 Å². The summed E-state index contributed by atoms with van der Waals surface area (Å²) in [6.45, 7) is 4.75. The molecule has 3 nitrogen and oxygen atoms in total. The zero-order valence-corrected chi connectivity index (χ0v) is 11.3. The molecule has 0 aromatic rings. The van der Waals surface area contributed by atoms with Crippen LogP contribution in [0.25, 0.3) is 0 Å². The summed E-state index contributed by atoms with van der Waals surface area (Å²) in [5, 5.41) is 0. The van der Waals surface area contributed by atoms with Gasteiger partial charge in [0.1, 0.15) is 0 Å². The topological polar surface area (TPSA) is 35.5 Å². The van der Waals surface area contributed by atoms with Crippen molar-refractivity contribution >= 4 is 6.47 Å². The van der Waals surface area contributed by atoms with Crippen molar-refractivity contribution in [3.05, 3.63) is 0 Å². The molecule has 3 heteroatoms. The lowest BCUT2D eigenvalue weighted by atomic mass is 10.1. The van der Waals surface area contributed by atoms with Crippen molar-refractivity contribution < 1.29 is 14.3 Å². The average Bonchev–Trinajstić information content (AvgIpc) is 2.35. The first-order valence-electron chi connectivity index (χ1n) is 7.04. The molecule has 17 heavy (non-hydrogen) atoms. The van der Waals surface area contributed by atoms with E-state index in [1.165, 1.54) is 44.9 Å². The van der Waals surface area contributed by atoms with Crippen molar-refractivity contribution in [2.75, 3.05) is 19.8 Å². The van der Waals surface area contributed by atoms with Gasteiger partial charge in [-0.2, -0.15) is 0 Å². The maximum atomic E-state index is 9.84. The van der Waals surface area contributed by atoms with E-state index in [0.717, 1.165) is 19.4 Å². The molecule has 0 bridgehead atoms. The van der Waals surface area contributed by atoms with E-state index in [-0.39, 0.29) is 0 Å². The van der Waals surface area contributed by atoms with Crippen LogP contribution < -0.4 is 0 Å². The van der Waals surface area contributed by atoms with Gasteiger partial charge in [-0.25, -0.2) is 0 Å². The molecule has 0 rings (SSSR count). The van der Waals surface area contributed by atoms with Gasteiger partial charge in [0.05, 0.1) is 6.61 Å². The van der Waals surface area contributed by atoms with Crippen LogP contribution in [0.1, 0.15) is 64.7 Å². The molecular formula is C14H28O3. The van der Waals surface area contributed by atoms with Crippen LogP contribution in [0, 0.1) is 0 Å². The lowest BCUT2D eigenvalue weighted by Crippen LogP contribution is -2.01. The lowest BCUT2D eigenvalue weighted by molar-refractivity contribution is -0.129. The normalized spacial score (nSPS) is 10.4. The minimum Gasteiger partial charge on any atom is -0.468 e. The summed E-state index contributed by atoms with van der Waals surface area (Å²) < 4.78 is 9.99. The van der Waals surface area contributed by atoms with Gasteiger partial charge in [-0.15, -0.1) is 0 Å². The van der Waals surface area contributed by atoms with E-state index in [0.29, 0.717) is 19.7 Å². The van der Waals surface area contributed by atoms with E-state index in [1.807, 2.05) is 0 Å². The van der Waals surface area contributed by atoms with E-state index >= 15 is 0 Å². The number of rotatable bonds is 14. The molecule has 0 saturated heterocycles. The van der Waals surface area contributed by atoms with Crippen molar-refractivity contribution in [3.63, 3.8) is 0 Å². The molecule has 0 N–H and O–H groups in total. The second-order valence-electron chi connectivity index (χ2n) is 4.41. The highest BCUT2D eigenvalue weighted by atomic mass is 16.5. The summed E-state index contributed by atoms with van der Waals surface area (Å²) in [7, 11) is 0. The van der Waals surface area contributed by atoms with Gasteiger partial charge < -0.3 is 9.47 Å². The van der Waals surface area contributed by atoms with Crippen LogP contribution in [-0.2, 0) is 14.3 Å². The minimum atomic E-state index is 0.473. The van der Waals surface area contributed by atoms with Gasteiger partial charge in [-0.3, -0.25) is 4.79 Å². The largest absolute Gasteiger partial charge is 0.468 e. The summed E-state index contributed by atoms with van der Waals surface area (Å²) in [4.78, 5) is 9.84. The molecule has 0 aliphatic carbocycles. The van der Waals surface area contributed by atoms with Crippen molar-refractivity contribution in [1.29, 1.82) is 0 Å². The predicted molar refractivity (Wildman–Crippen MR) is 70.1 cm³/mol. The number of unbranched alkanes of at least 4 members (excludes halogenated alkanes) is 7. The molecule has 0 amide bonds. The predicted octanol–water partition coefficient (Wildman–Crippen LogP) is 3.71. The van der Waals surface area contributed by atoms with Crippen LogP contribution in [0.15, 0.2) is 0 Å². The fraction of sp³-hybridized carbons (Fsp3) is 0.929. The van der Waals surface area contributed by atoms with E-state index in [1.54, 1.807) is 0 Å². The third kappa shape index (κ3) is 15.4. The first-order valence-corrected chi connectivity index (χ1v) is 7.04. The second kappa shape index (κ2) is 15.4. The molecule has 0 atom stereocenters. The van der Waals surface area contributed by atoms with Crippen LogP contribution in [0.4, 0.5) is 0 Å². The summed E-state index contributed by atoms with van der Waals surface area (Å²) in [6.07, 6.45) is 11.4. The summed E-state index contributed by atoms with van der Waals surface area (Å²) in [5.41, 5.74) is 0. The molecule has 0 fully saturated rings. The van der Waals surface area contributed by atoms with Crippen LogP contribution in [0.5, 0.6) is 0 Å². The van der Waals surface area contributed by atoms with Crippen LogP contribution in [0.3, 0.4) is 0 Å². The maximum Gasteiger partial charge on any atom is 0.293 e. The second-order valence-corrected chi connectivity index (χ2v) is 4.41. The Hall–Kier alpha value is -0.570. The summed E-state index contributed by atoms with van der Waals surface area (Å²) in [6, 6.07) is 0. The van der Waals surface area contributed by atoms with Crippen LogP contribution >= 0.6 is 0 Å². The van der Waals surface area contributed by atoms with Gasteiger partial charge in [0.25, 0.3) is 6.47 Å². The molecule has 0 aliphatic heterocycles. The Morgan fingerprint density at radius 2 is 1.35 bits per heavy atom. The lowest BCUT2D eigenvalue weighted by Gasteiger charge is -2.04. The highest BCUT2D eigenvalue weighted by Crippen LogP contribution is 2.08. The third-order valence-corrected chi connectivity index (χ3v) is 2.76. The summed E-state index contributed by atoms with van der Waals surface area (Å²) in [5.74, 6) is 0. The Balaban J connectivity index is 2.87. The molecule has 0 unspecified atom stereocenters. The first-order chi connectivity index (χ1) is 8.41. The Kier molecular flexibility index (Phi) is 14.9.